The van der Waals surface area contributed by atoms with Gasteiger partial charge >= 0.3 is 0 Å². The van der Waals surface area contributed by atoms with Crippen LogP contribution in [0.2, 0.25) is 0 Å². The van der Waals surface area contributed by atoms with Gasteiger partial charge in [0.1, 0.15) is 6.04 Å². The summed E-state index contributed by atoms with van der Waals surface area (Å²) in [5, 5.41) is 7.50. The quantitative estimate of drug-likeness (QED) is 0.364. The Balaban J connectivity index is 2.20. The smallest absolute Gasteiger partial charge is 0.261 e. The maximum absolute atomic E-state index is 14.0. The Labute approximate surface area is 239 Å². The zero-order chi connectivity index (χ0) is 29.6. The summed E-state index contributed by atoms with van der Waals surface area (Å²) in [6.07, 6.45) is 0. The first-order chi connectivity index (χ1) is 18.9. The maximum Gasteiger partial charge on any atom is 0.261 e. The van der Waals surface area contributed by atoms with Gasteiger partial charge in [0.25, 0.3) is 5.91 Å². The van der Waals surface area contributed by atoms with Crippen LogP contribution in [0.1, 0.15) is 53.2 Å². The summed E-state index contributed by atoms with van der Waals surface area (Å²) >= 11 is 1.28. The number of methoxy groups -OCH3 is 3. The number of nitrogens with zero attached hydrogens (tertiary/aromatic N) is 1. The van der Waals surface area contributed by atoms with Gasteiger partial charge in [-0.25, -0.2) is 0 Å². The van der Waals surface area contributed by atoms with E-state index in [4.69, 9.17) is 14.2 Å². The van der Waals surface area contributed by atoms with Crippen molar-refractivity contribution in [3.8, 4) is 17.2 Å². The lowest BCUT2D eigenvalue weighted by atomic mass is 9.99. The molecule has 0 bridgehead atoms. The van der Waals surface area contributed by atoms with Crippen LogP contribution in [-0.4, -0.2) is 51.1 Å². The Morgan fingerprint density at radius 2 is 1.52 bits per heavy atom. The molecule has 3 rings (SSSR count). The molecule has 0 spiro atoms. The molecule has 0 saturated carbocycles. The molecule has 1 heterocycles. The molecule has 2 N–H and O–H groups in total. The van der Waals surface area contributed by atoms with Crippen LogP contribution in [0.15, 0.2) is 47.8 Å². The van der Waals surface area contributed by atoms with Crippen molar-refractivity contribution in [2.24, 2.45) is 0 Å². The number of aryl methyl sites for hydroxylation is 2. The average Bonchev–Trinajstić information content (AvgIpc) is 3.42. The Bertz CT molecular complexity index is 1320. The number of thiophene rings is 1. The standard InChI is InChI=1S/C30H37N3O6S/c1-18-12-19(2)14-21(13-18)33(25(34)17-31-28(35)24-10-9-11-40-24)26(29(36)32-30(3,4)5)20-15-22(37-6)27(39-8)23(16-20)38-7/h9-16,26H,17H2,1-8H3,(H,31,35)(H,32,36)/t26-/m1/s1. The van der Waals surface area contributed by atoms with E-state index in [1.165, 1.54) is 37.6 Å². The van der Waals surface area contributed by atoms with Gasteiger partial charge in [0, 0.05) is 11.2 Å². The molecule has 0 aliphatic heterocycles. The Hall–Kier alpha value is -4.05. The fourth-order valence-corrected chi connectivity index (χ4v) is 5.02. The highest BCUT2D eigenvalue weighted by atomic mass is 32.1. The van der Waals surface area contributed by atoms with Gasteiger partial charge in [0.15, 0.2) is 11.5 Å². The van der Waals surface area contributed by atoms with Crippen LogP contribution >= 0.6 is 11.3 Å². The normalized spacial score (nSPS) is 11.8. The third-order valence-electron chi connectivity index (χ3n) is 5.91. The van der Waals surface area contributed by atoms with E-state index >= 15 is 0 Å². The fraction of sp³-hybridized carbons (Fsp3) is 0.367. The summed E-state index contributed by atoms with van der Waals surface area (Å²) in [6.45, 7) is 9.10. The summed E-state index contributed by atoms with van der Waals surface area (Å²) in [7, 11) is 4.46. The van der Waals surface area contributed by atoms with Gasteiger partial charge in [-0.2, -0.15) is 0 Å². The fourth-order valence-electron chi connectivity index (χ4n) is 4.38. The number of nitrogens with one attached hydrogen (secondary N) is 2. The lowest BCUT2D eigenvalue weighted by Gasteiger charge is -2.34. The van der Waals surface area contributed by atoms with Crippen LogP contribution in [0.4, 0.5) is 5.69 Å². The molecule has 9 nitrogen and oxygen atoms in total. The Kier molecular flexibility index (Phi) is 9.81. The van der Waals surface area contributed by atoms with Crippen LogP contribution < -0.4 is 29.7 Å². The summed E-state index contributed by atoms with van der Waals surface area (Å²) < 4.78 is 16.6. The molecule has 0 saturated heterocycles. The van der Waals surface area contributed by atoms with E-state index in [-0.39, 0.29) is 12.5 Å². The molecule has 1 aromatic heterocycles. The highest BCUT2D eigenvalue weighted by Gasteiger charge is 2.36. The van der Waals surface area contributed by atoms with Crippen molar-refractivity contribution < 1.29 is 28.6 Å². The molecule has 0 aliphatic rings. The van der Waals surface area contributed by atoms with Crippen molar-refractivity contribution in [1.29, 1.82) is 0 Å². The van der Waals surface area contributed by atoms with Gasteiger partial charge in [-0.05, 0) is 87.0 Å². The van der Waals surface area contributed by atoms with Gasteiger partial charge in [0.05, 0.1) is 32.8 Å². The van der Waals surface area contributed by atoms with Crippen molar-refractivity contribution in [2.75, 3.05) is 32.8 Å². The largest absolute Gasteiger partial charge is 0.493 e. The SMILES string of the molecule is COc1cc([C@H](C(=O)NC(C)(C)C)N(C(=O)CNC(=O)c2cccs2)c2cc(C)cc(C)c2)cc(OC)c1OC. The molecular formula is C30H37N3O6S. The number of anilines is 1. The number of hydrogen-bond donors (Lipinski definition) is 2. The first kappa shape index (κ1) is 30.5. The van der Waals surface area contributed by atoms with Crippen molar-refractivity contribution in [2.45, 2.75) is 46.2 Å². The van der Waals surface area contributed by atoms with E-state index in [0.29, 0.717) is 33.4 Å². The lowest BCUT2D eigenvalue weighted by molar-refractivity contribution is -0.127. The molecule has 0 radical (unpaired) electrons. The first-order valence-corrected chi connectivity index (χ1v) is 13.6. The highest BCUT2D eigenvalue weighted by molar-refractivity contribution is 7.12. The molecule has 3 amide bonds. The molecule has 1 atom stereocenters. The van der Waals surface area contributed by atoms with Gasteiger partial charge in [-0.1, -0.05) is 12.1 Å². The van der Waals surface area contributed by atoms with Crippen molar-refractivity contribution in [3.63, 3.8) is 0 Å². The van der Waals surface area contributed by atoms with Crippen LogP contribution in [-0.2, 0) is 9.59 Å². The van der Waals surface area contributed by atoms with Gasteiger partial charge < -0.3 is 24.8 Å². The predicted molar refractivity (Wildman–Crippen MR) is 157 cm³/mol. The number of benzene rings is 2. The lowest BCUT2D eigenvalue weighted by Crippen LogP contribution is -2.51. The minimum Gasteiger partial charge on any atom is -0.493 e. The minimum atomic E-state index is -1.14. The number of amides is 3. The van der Waals surface area contributed by atoms with Crippen LogP contribution in [0.25, 0.3) is 0 Å². The summed E-state index contributed by atoms with van der Waals surface area (Å²) in [6, 6.07) is 11.3. The number of carbonyl (C=O) groups excluding carboxylic acids is 3. The minimum absolute atomic E-state index is 0.326. The van der Waals surface area contributed by atoms with E-state index in [9.17, 15) is 14.4 Å². The Morgan fingerprint density at radius 1 is 0.925 bits per heavy atom. The molecule has 10 heteroatoms. The van der Waals surface area contributed by atoms with Gasteiger partial charge in [-0.15, -0.1) is 11.3 Å². The summed E-state index contributed by atoms with van der Waals surface area (Å²) in [4.78, 5) is 42.6. The third-order valence-corrected chi connectivity index (χ3v) is 6.77. The summed E-state index contributed by atoms with van der Waals surface area (Å²) in [5.41, 5.74) is 2.18. The molecule has 0 unspecified atom stereocenters. The predicted octanol–water partition coefficient (Wildman–Crippen LogP) is 4.81. The van der Waals surface area contributed by atoms with E-state index in [0.717, 1.165) is 11.1 Å². The first-order valence-electron chi connectivity index (χ1n) is 12.7. The number of rotatable bonds is 10. The average molecular weight is 568 g/mol. The molecule has 2 aromatic carbocycles. The van der Waals surface area contributed by atoms with E-state index in [1.807, 2.05) is 52.8 Å². The summed E-state index contributed by atoms with van der Waals surface area (Å²) in [5.74, 6) is -0.228. The van der Waals surface area contributed by atoms with Crippen molar-refractivity contribution in [1.82, 2.24) is 10.6 Å². The highest BCUT2D eigenvalue weighted by Crippen LogP contribution is 2.42. The van der Waals surface area contributed by atoms with Crippen LogP contribution in [0.3, 0.4) is 0 Å². The van der Waals surface area contributed by atoms with Crippen molar-refractivity contribution >= 4 is 34.7 Å². The maximum atomic E-state index is 14.0. The van der Waals surface area contributed by atoms with E-state index < -0.39 is 23.4 Å². The van der Waals surface area contributed by atoms with Crippen LogP contribution in [0, 0.1) is 13.8 Å². The Morgan fingerprint density at radius 3 is 2.00 bits per heavy atom. The second-order valence-electron chi connectivity index (χ2n) is 10.4. The van der Waals surface area contributed by atoms with Crippen molar-refractivity contribution in [3.05, 3.63) is 69.4 Å². The zero-order valence-electron chi connectivity index (χ0n) is 24.2. The molecule has 3 aromatic rings. The van der Waals surface area contributed by atoms with E-state index in [1.54, 1.807) is 29.6 Å². The number of hydrogen-bond acceptors (Lipinski definition) is 7. The van der Waals surface area contributed by atoms with Gasteiger partial charge in [-0.3, -0.25) is 19.3 Å². The van der Waals surface area contributed by atoms with Crippen LogP contribution in [0.5, 0.6) is 17.2 Å². The van der Waals surface area contributed by atoms with Gasteiger partial charge in [0.2, 0.25) is 17.6 Å². The molecule has 0 fully saturated rings. The molecular weight excluding hydrogens is 530 g/mol. The van der Waals surface area contributed by atoms with E-state index in [2.05, 4.69) is 10.6 Å². The third kappa shape index (κ3) is 7.32. The zero-order valence-corrected chi connectivity index (χ0v) is 25.0. The number of carbonyl (C=O) groups is 3. The monoisotopic (exact) mass is 567 g/mol. The second-order valence-corrected chi connectivity index (χ2v) is 11.3. The molecule has 0 aliphatic carbocycles. The number of ether oxygens (including phenoxy) is 3. The second kappa shape index (κ2) is 12.9. The molecule has 214 valence electrons. The molecule has 40 heavy (non-hydrogen) atoms. The topological polar surface area (TPSA) is 106 Å².